The molecule has 0 bridgehead atoms. The van der Waals surface area contributed by atoms with Crippen molar-refractivity contribution < 1.29 is 9.72 Å². The van der Waals surface area contributed by atoms with Crippen molar-refractivity contribution in [2.45, 2.75) is 12.5 Å². The van der Waals surface area contributed by atoms with Gasteiger partial charge in [-0.05, 0) is 0 Å². The van der Waals surface area contributed by atoms with Crippen LogP contribution >= 0.6 is 0 Å². The average Bonchev–Trinajstić information content (AvgIpc) is 2.64. The quantitative estimate of drug-likeness (QED) is 0.566. The van der Waals surface area contributed by atoms with E-state index in [2.05, 4.69) is 15.6 Å². The highest BCUT2D eigenvalue weighted by Crippen LogP contribution is 2.16. The molecule has 1 unspecified atom stereocenters. The van der Waals surface area contributed by atoms with E-state index in [4.69, 9.17) is 0 Å². The lowest BCUT2D eigenvalue weighted by molar-refractivity contribution is -0.384. The number of nitro groups is 1. The number of nitrogens with one attached hydrogen (secondary N) is 2. The summed E-state index contributed by atoms with van der Waals surface area (Å²) in [4.78, 5) is 24.9. The van der Waals surface area contributed by atoms with Crippen molar-refractivity contribution in [3.63, 3.8) is 0 Å². The van der Waals surface area contributed by atoms with Gasteiger partial charge in [-0.3, -0.25) is 14.9 Å². The molecule has 0 radical (unpaired) electrons. The maximum Gasteiger partial charge on any atom is 0.274 e. The SMILES string of the molecule is O=C1CC(Nc2cc([N+](=O)[O-])ccn2)CN1. The molecular formula is C9H10N4O3. The van der Waals surface area contributed by atoms with E-state index in [-0.39, 0.29) is 17.6 Å². The number of rotatable bonds is 3. The van der Waals surface area contributed by atoms with Gasteiger partial charge >= 0.3 is 0 Å². The summed E-state index contributed by atoms with van der Waals surface area (Å²) in [6, 6.07) is 2.62. The number of hydrogen-bond donors (Lipinski definition) is 2. The molecule has 1 atom stereocenters. The number of nitrogens with zero attached hydrogens (tertiary/aromatic N) is 2. The molecule has 1 aliphatic rings. The fourth-order valence-electron chi connectivity index (χ4n) is 1.53. The summed E-state index contributed by atoms with van der Waals surface area (Å²) in [5.41, 5.74) is -0.0187. The van der Waals surface area contributed by atoms with Gasteiger partial charge in [0.25, 0.3) is 5.69 Å². The molecule has 84 valence electrons. The molecule has 1 aliphatic heterocycles. The molecule has 2 N–H and O–H groups in total. The van der Waals surface area contributed by atoms with E-state index < -0.39 is 4.92 Å². The second-order valence-electron chi connectivity index (χ2n) is 3.51. The van der Waals surface area contributed by atoms with Crippen LogP contribution in [-0.4, -0.2) is 28.4 Å². The van der Waals surface area contributed by atoms with Crippen LogP contribution in [0.2, 0.25) is 0 Å². The molecule has 16 heavy (non-hydrogen) atoms. The molecule has 0 aliphatic carbocycles. The summed E-state index contributed by atoms with van der Waals surface area (Å²) >= 11 is 0. The Kier molecular flexibility index (Phi) is 2.67. The zero-order chi connectivity index (χ0) is 11.5. The molecule has 7 nitrogen and oxygen atoms in total. The molecule has 0 spiro atoms. The average molecular weight is 222 g/mol. The van der Waals surface area contributed by atoms with Crippen molar-refractivity contribution in [1.82, 2.24) is 10.3 Å². The third kappa shape index (κ3) is 2.25. The molecule has 1 saturated heterocycles. The molecule has 0 saturated carbocycles. The van der Waals surface area contributed by atoms with E-state index in [1.165, 1.54) is 18.3 Å². The van der Waals surface area contributed by atoms with Gasteiger partial charge in [-0.2, -0.15) is 0 Å². The Morgan fingerprint density at radius 1 is 1.62 bits per heavy atom. The first kappa shape index (κ1) is 10.3. The first-order valence-electron chi connectivity index (χ1n) is 4.79. The van der Waals surface area contributed by atoms with Gasteiger partial charge < -0.3 is 10.6 Å². The normalized spacial score (nSPS) is 19.2. The number of aromatic nitrogens is 1. The number of carbonyl (C=O) groups excluding carboxylic acids is 1. The third-order valence-electron chi connectivity index (χ3n) is 2.28. The molecule has 7 heteroatoms. The van der Waals surface area contributed by atoms with Gasteiger partial charge in [0.15, 0.2) is 0 Å². The zero-order valence-corrected chi connectivity index (χ0v) is 8.34. The van der Waals surface area contributed by atoms with Crippen molar-refractivity contribution in [3.05, 3.63) is 28.4 Å². The Hall–Kier alpha value is -2.18. The zero-order valence-electron chi connectivity index (χ0n) is 8.34. The van der Waals surface area contributed by atoms with E-state index >= 15 is 0 Å². The monoisotopic (exact) mass is 222 g/mol. The summed E-state index contributed by atoms with van der Waals surface area (Å²) in [7, 11) is 0. The lowest BCUT2D eigenvalue weighted by Gasteiger charge is -2.10. The first-order valence-corrected chi connectivity index (χ1v) is 4.79. The van der Waals surface area contributed by atoms with Crippen molar-refractivity contribution in [2.75, 3.05) is 11.9 Å². The predicted molar refractivity (Wildman–Crippen MR) is 55.9 cm³/mol. The molecule has 1 aromatic heterocycles. The van der Waals surface area contributed by atoms with E-state index in [0.717, 1.165) is 0 Å². The Morgan fingerprint density at radius 2 is 2.44 bits per heavy atom. The summed E-state index contributed by atoms with van der Waals surface area (Å²) in [6.45, 7) is 0.517. The van der Waals surface area contributed by atoms with Crippen LogP contribution in [0, 0.1) is 10.1 Å². The molecule has 0 aromatic carbocycles. The van der Waals surface area contributed by atoms with Crippen LogP contribution in [0.15, 0.2) is 18.3 Å². The number of amides is 1. The van der Waals surface area contributed by atoms with Crippen LogP contribution in [0.5, 0.6) is 0 Å². The van der Waals surface area contributed by atoms with Gasteiger partial charge in [0, 0.05) is 25.2 Å². The Bertz CT molecular complexity index is 435. The van der Waals surface area contributed by atoms with E-state index in [9.17, 15) is 14.9 Å². The van der Waals surface area contributed by atoms with Gasteiger partial charge in [-0.25, -0.2) is 4.98 Å². The van der Waals surface area contributed by atoms with Gasteiger partial charge in [-0.15, -0.1) is 0 Å². The maximum atomic E-state index is 10.9. The van der Waals surface area contributed by atoms with Crippen LogP contribution < -0.4 is 10.6 Å². The van der Waals surface area contributed by atoms with Crippen molar-refractivity contribution in [2.24, 2.45) is 0 Å². The Balaban J connectivity index is 2.07. The summed E-state index contributed by atoms with van der Waals surface area (Å²) in [5.74, 6) is 0.388. The van der Waals surface area contributed by atoms with Gasteiger partial charge in [0.2, 0.25) is 5.91 Å². The van der Waals surface area contributed by atoms with Gasteiger partial charge in [0.05, 0.1) is 17.0 Å². The van der Waals surface area contributed by atoms with Crippen molar-refractivity contribution in [1.29, 1.82) is 0 Å². The van der Waals surface area contributed by atoms with Gasteiger partial charge in [-0.1, -0.05) is 0 Å². The maximum absolute atomic E-state index is 10.9. The number of pyridine rings is 1. The fourth-order valence-corrected chi connectivity index (χ4v) is 1.53. The summed E-state index contributed by atoms with van der Waals surface area (Å²) in [5, 5.41) is 16.2. The smallest absolute Gasteiger partial charge is 0.274 e. The molecule has 2 heterocycles. The Labute approximate surface area is 91.0 Å². The molecule has 2 rings (SSSR count). The number of hydrogen-bond acceptors (Lipinski definition) is 5. The first-order chi connectivity index (χ1) is 7.65. The summed E-state index contributed by atoms with van der Waals surface area (Å²) < 4.78 is 0. The molecule has 1 aromatic rings. The topological polar surface area (TPSA) is 97.2 Å². The highest BCUT2D eigenvalue weighted by molar-refractivity contribution is 5.79. The highest BCUT2D eigenvalue weighted by Gasteiger charge is 2.21. The minimum Gasteiger partial charge on any atom is -0.365 e. The van der Waals surface area contributed by atoms with Crippen LogP contribution in [0.1, 0.15) is 6.42 Å². The van der Waals surface area contributed by atoms with Crippen molar-refractivity contribution in [3.8, 4) is 0 Å². The third-order valence-corrected chi connectivity index (χ3v) is 2.28. The van der Waals surface area contributed by atoms with Crippen LogP contribution in [0.3, 0.4) is 0 Å². The lowest BCUT2D eigenvalue weighted by atomic mass is 10.2. The van der Waals surface area contributed by atoms with Crippen LogP contribution in [0.25, 0.3) is 0 Å². The molecule has 1 fully saturated rings. The second-order valence-corrected chi connectivity index (χ2v) is 3.51. The molecular weight excluding hydrogens is 212 g/mol. The van der Waals surface area contributed by atoms with E-state index in [1.54, 1.807) is 0 Å². The fraction of sp³-hybridized carbons (Fsp3) is 0.333. The largest absolute Gasteiger partial charge is 0.365 e. The van der Waals surface area contributed by atoms with E-state index in [1.807, 2.05) is 0 Å². The Morgan fingerprint density at radius 3 is 3.06 bits per heavy atom. The van der Waals surface area contributed by atoms with Crippen LogP contribution in [-0.2, 0) is 4.79 Å². The number of anilines is 1. The minimum atomic E-state index is -0.481. The number of carbonyl (C=O) groups is 1. The minimum absolute atomic E-state index is 0.0187. The van der Waals surface area contributed by atoms with E-state index in [0.29, 0.717) is 18.8 Å². The standard InChI is InChI=1S/C9H10N4O3/c14-9-3-6(5-11-9)12-8-4-7(13(15)16)1-2-10-8/h1-2,4,6H,3,5H2,(H,10,12)(H,11,14). The lowest BCUT2D eigenvalue weighted by Crippen LogP contribution is -2.22. The van der Waals surface area contributed by atoms with Crippen molar-refractivity contribution >= 4 is 17.4 Å². The highest BCUT2D eigenvalue weighted by atomic mass is 16.6. The second kappa shape index (κ2) is 4.13. The van der Waals surface area contributed by atoms with Crippen LogP contribution in [0.4, 0.5) is 11.5 Å². The molecule has 1 amide bonds. The van der Waals surface area contributed by atoms with Gasteiger partial charge in [0.1, 0.15) is 5.82 Å². The predicted octanol–water partition coefficient (Wildman–Crippen LogP) is 0.290. The summed E-state index contributed by atoms with van der Waals surface area (Å²) in [6.07, 6.45) is 1.73.